The van der Waals surface area contributed by atoms with Crippen LogP contribution in [-0.4, -0.2) is 22.4 Å². The van der Waals surface area contributed by atoms with E-state index in [1.54, 1.807) is 6.20 Å². The summed E-state index contributed by atoms with van der Waals surface area (Å²) < 4.78 is 5.11. The van der Waals surface area contributed by atoms with Crippen molar-refractivity contribution in [2.45, 2.75) is 13.0 Å². The lowest BCUT2D eigenvalue weighted by Gasteiger charge is -2.01. The summed E-state index contributed by atoms with van der Waals surface area (Å²) in [5.74, 6) is 0.188. The molecule has 2 heterocycles. The Morgan fingerprint density at radius 3 is 3.06 bits per heavy atom. The number of hydrogen-bond acceptors (Lipinski definition) is 5. The number of nitrogens with one attached hydrogen (secondary N) is 1. The van der Waals surface area contributed by atoms with Gasteiger partial charge in [-0.25, -0.2) is 4.98 Å². The van der Waals surface area contributed by atoms with Crippen LogP contribution in [0.2, 0.25) is 0 Å². The minimum Gasteiger partial charge on any atom is -0.448 e. The molecule has 0 aliphatic heterocycles. The lowest BCUT2D eigenvalue weighted by molar-refractivity contribution is 0.0945. The zero-order chi connectivity index (χ0) is 12.8. The topological polar surface area (TPSA) is 94.0 Å². The third-order valence-electron chi connectivity index (χ3n) is 2.30. The summed E-state index contributed by atoms with van der Waals surface area (Å²) in [6.45, 7) is 0.800. The average molecular weight is 246 g/mol. The quantitative estimate of drug-likeness (QED) is 0.801. The maximum absolute atomic E-state index is 11.7. The number of aromatic nitrogens is 2. The zero-order valence-electron chi connectivity index (χ0n) is 9.80. The van der Waals surface area contributed by atoms with Gasteiger partial charge < -0.3 is 15.5 Å². The maximum Gasteiger partial charge on any atom is 0.273 e. The van der Waals surface area contributed by atoms with E-state index in [-0.39, 0.29) is 11.6 Å². The second kappa shape index (κ2) is 5.92. The summed E-state index contributed by atoms with van der Waals surface area (Å²) in [6.07, 6.45) is 3.53. The van der Waals surface area contributed by atoms with Crippen molar-refractivity contribution in [3.8, 4) is 0 Å². The summed E-state index contributed by atoms with van der Waals surface area (Å²) in [4.78, 5) is 19.9. The number of pyridine rings is 1. The lowest BCUT2D eigenvalue weighted by Crippen LogP contribution is -2.23. The van der Waals surface area contributed by atoms with Crippen LogP contribution in [-0.2, 0) is 13.0 Å². The summed E-state index contributed by atoms with van der Waals surface area (Å²) in [5, 5.41) is 2.72. The van der Waals surface area contributed by atoms with E-state index in [0.29, 0.717) is 25.4 Å². The lowest BCUT2D eigenvalue weighted by atomic mass is 10.3. The molecule has 0 radical (unpaired) electrons. The molecule has 3 N–H and O–H groups in total. The highest BCUT2D eigenvalue weighted by Gasteiger charge is 2.11. The molecule has 0 atom stereocenters. The Morgan fingerprint density at radius 2 is 2.33 bits per heavy atom. The highest BCUT2D eigenvalue weighted by molar-refractivity contribution is 5.91. The van der Waals surface area contributed by atoms with Gasteiger partial charge in [-0.3, -0.25) is 9.78 Å². The first-order valence-electron chi connectivity index (χ1n) is 5.62. The average Bonchev–Trinajstić information content (AvgIpc) is 2.86. The molecular weight excluding hydrogens is 232 g/mol. The monoisotopic (exact) mass is 246 g/mol. The Morgan fingerprint density at radius 1 is 1.44 bits per heavy atom. The van der Waals surface area contributed by atoms with Crippen molar-refractivity contribution >= 4 is 5.91 Å². The molecule has 0 fully saturated rings. The van der Waals surface area contributed by atoms with Crippen LogP contribution in [0.15, 0.2) is 35.1 Å². The fourth-order valence-electron chi connectivity index (χ4n) is 1.42. The van der Waals surface area contributed by atoms with Crippen LogP contribution in [0.3, 0.4) is 0 Å². The van der Waals surface area contributed by atoms with E-state index in [9.17, 15) is 4.79 Å². The van der Waals surface area contributed by atoms with Crippen molar-refractivity contribution in [3.05, 3.63) is 47.9 Å². The third-order valence-corrected chi connectivity index (χ3v) is 2.30. The normalized spacial score (nSPS) is 10.3. The summed E-state index contributed by atoms with van der Waals surface area (Å²) in [5.41, 5.74) is 6.42. The molecule has 0 aliphatic rings. The van der Waals surface area contributed by atoms with Gasteiger partial charge in [0.05, 0.1) is 12.2 Å². The van der Waals surface area contributed by atoms with Gasteiger partial charge in [0, 0.05) is 19.2 Å². The first-order valence-corrected chi connectivity index (χ1v) is 5.62. The van der Waals surface area contributed by atoms with Crippen LogP contribution >= 0.6 is 0 Å². The number of carbonyl (C=O) groups is 1. The van der Waals surface area contributed by atoms with Gasteiger partial charge in [0.15, 0.2) is 11.6 Å². The van der Waals surface area contributed by atoms with Gasteiger partial charge in [-0.15, -0.1) is 0 Å². The molecule has 1 amide bonds. The van der Waals surface area contributed by atoms with Crippen molar-refractivity contribution in [2.75, 3.05) is 6.54 Å². The fourth-order valence-corrected chi connectivity index (χ4v) is 1.42. The van der Waals surface area contributed by atoms with E-state index >= 15 is 0 Å². The number of rotatable bonds is 5. The van der Waals surface area contributed by atoms with E-state index < -0.39 is 0 Å². The van der Waals surface area contributed by atoms with Crippen molar-refractivity contribution in [1.82, 2.24) is 15.3 Å². The van der Waals surface area contributed by atoms with Crippen molar-refractivity contribution in [3.63, 3.8) is 0 Å². The second-order valence-corrected chi connectivity index (χ2v) is 3.67. The molecule has 0 saturated heterocycles. The second-order valence-electron chi connectivity index (χ2n) is 3.67. The predicted octanol–water partition coefficient (Wildman–Crippen LogP) is 0.501. The molecule has 2 aromatic heterocycles. The largest absolute Gasteiger partial charge is 0.448 e. The number of amides is 1. The summed E-state index contributed by atoms with van der Waals surface area (Å²) >= 11 is 0. The van der Waals surface area contributed by atoms with Crippen molar-refractivity contribution in [1.29, 1.82) is 0 Å². The van der Waals surface area contributed by atoms with Crippen LogP contribution in [0.4, 0.5) is 0 Å². The molecule has 0 saturated carbocycles. The van der Waals surface area contributed by atoms with E-state index in [1.165, 1.54) is 6.26 Å². The van der Waals surface area contributed by atoms with Crippen molar-refractivity contribution < 1.29 is 9.21 Å². The van der Waals surface area contributed by atoms with Crippen LogP contribution < -0.4 is 11.1 Å². The summed E-state index contributed by atoms with van der Waals surface area (Å²) in [6, 6.07) is 5.52. The molecule has 0 unspecified atom stereocenters. The SMILES string of the molecule is NCCc1nc(C(=O)NCc2ccccn2)co1. The molecule has 6 heteroatoms. The molecule has 0 spiro atoms. The van der Waals surface area contributed by atoms with Gasteiger partial charge in [0.2, 0.25) is 0 Å². The highest BCUT2D eigenvalue weighted by atomic mass is 16.3. The Kier molecular flexibility index (Phi) is 4.03. The van der Waals surface area contributed by atoms with E-state index in [4.69, 9.17) is 10.2 Å². The first-order chi connectivity index (χ1) is 8.79. The Labute approximate surface area is 104 Å². The number of carbonyl (C=O) groups excluding carboxylic acids is 1. The van der Waals surface area contributed by atoms with Crippen molar-refractivity contribution in [2.24, 2.45) is 5.73 Å². The van der Waals surface area contributed by atoms with Gasteiger partial charge >= 0.3 is 0 Å². The van der Waals surface area contributed by atoms with E-state index in [2.05, 4.69) is 15.3 Å². The highest BCUT2D eigenvalue weighted by Crippen LogP contribution is 2.02. The molecule has 18 heavy (non-hydrogen) atoms. The van der Waals surface area contributed by atoms with Crippen LogP contribution in [0.1, 0.15) is 22.1 Å². The first kappa shape index (κ1) is 12.3. The van der Waals surface area contributed by atoms with Gasteiger partial charge in [0.25, 0.3) is 5.91 Å². The van der Waals surface area contributed by atoms with Gasteiger partial charge in [-0.2, -0.15) is 0 Å². The Bertz CT molecular complexity index is 510. The number of nitrogens with zero attached hydrogens (tertiary/aromatic N) is 2. The molecule has 2 aromatic rings. The summed E-state index contributed by atoms with van der Waals surface area (Å²) in [7, 11) is 0. The standard InChI is InChI=1S/C12H14N4O2/c13-5-4-11-16-10(8-18-11)12(17)15-7-9-3-1-2-6-14-9/h1-3,6,8H,4-5,7,13H2,(H,15,17). The smallest absolute Gasteiger partial charge is 0.273 e. The van der Waals surface area contributed by atoms with Crippen LogP contribution in [0.5, 0.6) is 0 Å². The predicted molar refractivity (Wildman–Crippen MR) is 64.7 cm³/mol. The van der Waals surface area contributed by atoms with Gasteiger partial charge in [-0.1, -0.05) is 6.07 Å². The molecular formula is C12H14N4O2. The van der Waals surface area contributed by atoms with Crippen LogP contribution in [0, 0.1) is 0 Å². The van der Waals surface area contributed by atoms with Gasteiger partial charge in [-0.05, 0) is 12.1 Å². The maximum atomic E-state index is 11.7. The molecule has 2 rings (SSSR count). The number of oxazole rings is 1. The number of hydrogen-bond donors (Lipinski definition) is 2. The Hall–Kier alpha value is -2.21. The Balaban J connectivity index is 1.91. The van der Waals surface area contributed by atoms with Gasteiger partial charge in [0.1, 0.15) is 6.26 Å². The molecule has 94 valence electrons. The fraction of sp³-hybridized carbons (Fsp3) is 0.250. The molecule has 6 nitrogen and oxygen atoms in total. The third kappa shape index (κ3) is 3.14. The molecule has 0 aliphatic carbocycles. The molecule has 0 aromatic carbocycles. The molecule has 0 bridgehead atoms. The minimum absolute atomic E-state index is 0.259. The number of nitrogens with two attached hydrogens (primary N) is 1. The van der Waals surface area contributed by atoms with Crippen LogP contribution in [0.25, 0.3) is 0 Å². The van der Waals surface area contributed by atoms with E-state index in [1.807, 2.05) is 18.2 Å². The van der Waals surface area contributed by atoms with E-state index in [0.717, 1.165) is 5.69 Å². The minimum atomic E-state index is -0.285. The zero-order valence-corrected chi connectivity index (χ0v) is 9.80.